The molecule has 1 aliphatic carbocycles. The van der Waals surface area contributed by atoms with Gasteiger partial charge in [-0.25, -0.2) is 0 Å². The molecule has 1 aliphatic rings. The first kappa shape index (κ1) is 14.0. The van der Waals surface area contributed by atoms with Gasteiger partial charge in [-0.3, -0.25) is 0 Å². The monoisotopic (exact) mass is 225 g/mol. The molecule has 1 N–H and O–H groups in total. The molecule has 0 saturated heterocycles. The summed E-state index contributed by atoms with van der Waals surface area (Å²) in [6.07, 6.45) is 5.81. The van der Waals surface area contributed by atoms with Crippen LogP contribution in [0.2, 0.25) is 0 Å². The molecule has 0 radical (unpaired) electrons. The minimum absolute atomic E-state index is 0.252. The van der Waals surface area contributed by atoms with Gasteiger partial charge < -0.3 is 5.32 Å². The van der Waals surface area contributed by atoms with Crippen LogP contribution in [0.5, 0.6) is 0 Å². The van der Waals surface area contributed by atoms with Crippen LogP contribution in [-0.4, -0.2) is 12.1 Å². The molecule has 0 aromatic heterocycles. The molecule has 0 spiro atoms. The largest absolute Gasteiger partial charge is 0.312 e. The van der Waals surface area contributed by atoms with Gasteiger partial charge in [0.05, 0.1) is 0 Å². The third kappa shape index (κ3) is 4.45. The van der Waals surface area contributed by atoms with Crippen molar-refractivity contribution < 1.29 is 0 Å². The van der Waals surface area contributed by atoms with Crippen molar-refractivity contribution in [3.05, 3.63) is 0 Å². The zero-order chi connectivity index (χ0) is 12.4. The summed E-state index contributed by atoms with van der Waals surface area (Å²) in [6, 6.07) is 0. The molecule has 0 bridgehead atoms. The fourth-order valence-electron chi connectivity index (χ4n) is 2.96. The van der Waals surface area contributed by atoms with Crippen LogP contribution in [0.3, 0.4) is 0 Å². The fraction of sp³-hybridized carbons (Fsp3) is 1.00. The normalized spacial score (nSPS) is 21.4. The van der Waals surface area contributed by atoms with E-state index >= 15 is 0 Å². The smallest absolute Gasteiger partial charge is 0.00966 e. The number of nitrogens with one attached hydrogen (secondary N) is 1. The average molecular weight is 225 g/mol. The minimum atomic E-state index is 0.252. The quantitative estimate of drug-likeness (QED) is 0.758. The standard InChI is InChI=1S/C15H31N/c1-14(2,3)13(11-16-15(4,5)6)12-9-7-8-10-12/h12-13,16H,7-11H2,1-6H3. The molecule has 0 amide bonds. The Morgan fingerprint density at radius 1 is 1.00 bits per heavy atom. The summed E-state index contributed by atoms with van der Waals surface area (Å²) in [7, 11) is 0. The lowest BCUT2D eigenvalue weighted by atomic mass is 9.72. The van der Waals surface area contributed by atoms with E-state index in [0.29, 0.717) is 5.41 Å². The van der Waals surface area contributed by atoms with Crippen LogP contribution in [0.15, 0.2) is 0 Å². The van der Waals surface area contributed by atoms with Gasteiger partial charge in [-0.1, -0.05) is 46.5 Å². The Hall–Kier alpha value is -0.0400. The number of hydrogen-bond acceptors (Lipinski definition) is 1. The molecule has 1 saturated carbocycles. The van der Waals surface area contributed by atoms with Gasteiger partial charge in [0.25, 0.3) is 0 Å². The van der Waals surface area contributed by atoms with Gasteiger partial charge in [-0.15, -0.1) is 0 Å². The van der Waals surface area contributed by atoms with Gasteiger partial charge in [0.15, 0.2) is 0 Å². The second-order valence-electron chi connectivity index (χ2n) is 7.65. The van der Waals surface area contributed by atoms with Crippen molar-refractivity contribution in [2.24, 2.45) is 17.3 Å². The zero-order valence-corrected chi connectivity index (χ0v) is 12.2. The highest BCUT2D eigenvalue weighted by Crippen LogP contribution is 2.40. The molecule has 0 heterocycles. The molecule has 0 aromatic carbocycles. The van der Waals surface area contributed by atoms with Crippen LogP contribution in [0.25, 0.3) is 0 Å². The third-order valence-electron chi connectivity index (χ3n) is 3.93. The molecular formula is C15H31N. The SMILES string of the molecule is CC(C)(C)NCC(C1CCCC1)C(C)(C)C. The minimum Gasteiger partial charge on any atom is -0.312 e. The van der Waals surface area contributed by atoms with Crippen molar-refractivity contribution in [1.82, 2.24) is 5.32 Å². The number of hydrogen-bond donors (Lipinski definition) is 1. The van der Waals surface area contributed by atoms with Crippen LogP contribution in [0, 0.1) is 17.3 Å². The predicted molar refractivity (Wildman–Crippen MR) is 72.7 cm³/mol. The molecule has 1 atom stereocenters. The summed E-state index contributed by atoms with van der Waals surface area (Å²) in [4.78, 5) is 0. The maximum atomic E-state index is 3.71. The lowest BCUT2D eigenvalue weighted by Crippen LogP contribution is -2.44. The van der Waals surface area contributed by atoms with Gasteiger partial charge in [0.2, 0.25) is 0 Å². The lowest BCUT2D eigenvalue weighted by molar-refractivity contribution is 0.145. The van der Waals surface area contributed by atoms with Crippen LogP contribution < -0.4 is 5.32 Å². The van der Waals surface area contributed by atoms with E-state index in [0.717, 1.165) is 11.8 Å². The van der Waals surface area contributed by atoms with Gasteiger partial charge in [0.1, 0.15) is 0 Å². The molecular weight excluding hydrogens is 194 g/mol. The first-order valence-electron chi connectivity index (χ1n) is 6.95. The van der Waals surface area contributed by atoms with Crippen LogP contribution in [-0.2, 0) is 0 Å². The summed E-state index contributed by atoms with van der Waals surface area (Å²) in [6.45, 7) is 15.2. The second kappa shape index (κ2) is 5.08. The highest BCUT2D eigenvalue weighted by Gasteiger charge is 2.34. The second-order valence-corrected chi connectivity index (χ2v) is 7.65. The zero-order valence-electron chi connectivity index (χ0n) is 12.2. The molecule has 96 valence electrons. The molecule has 16 heavy (non-hydrogen) atoms. The molecule has 1 unspecified atom stereocenters. The Kier molecular flexibility index (Phi) is 4.45. The van der Waals surface area contributed by atoms with Crippen LogP contribution in [0.1, 0.15) is 67.2 Å². The molecule has 0 aromatic rings. The summed E-state index contributed by atoms with van der Waals surface area (Å²) in [5.74, 6) is 1.78. The predicted octanol–water partition coefficient (Wildman–Crippen LogP) is 4.23. The topological polar surface area (TPSA) is 12.0 Å². The number of rotatable bonds is 3. The van der Waals surface area contributed by atoms with Crippen molar-refractivity contribution in [3.8, 4) is 0 Å². The van der Waals surface area contributed by atoms with Gasteiger partial charge in [-0.2, -0.15) is 0 Å². The van der Waals surface area contributed by atoms with E-state index in [4.69, 9.17) is 0 Å². The van der Waals surface area contributed by atoms with E-state index in [2.05, 4.69) is 46.9 Å². The molecule has 1 nitrogen and oxygen atoms in total. The highest BCUT2D eigenvalue weighted by atomic mass is 14.9. The van der Waals surface area contributed by atoms with E-state index in [1.54, 1.807) is 0 Å². The van der Waals surface area contributed by atoms with Crippen molar-refractivity contribution in [2.75, 3.05) is 6.54 Å². The van der Waals surface area contributed by atoms with E-state index in [1.165, 1.54) is 32.2 Å². The van der Waals surface area contributed by atoms with Crippen molar-refractivity contribution in [2.45, 2.75) is 72.8 Å². The van der Waals surface area contributed by atoms with Gasteiger partial charge in [0, 0.05) is 5.54 Å². The molecule has 1 fully saturated rings. The van der Waals surface area contributed by atoms with E-state index in [1.807, 2.05) is 0 Å². The maximum Gasteiger partial charge on any atom is 0.00966 e. The summed E-state index contributed by atoms with van der Waals surface area (Å²) in [5, 5.41) is 3.71. The summed E-state index contributed by atoms with van der Waals surface area (Å²) in [5.41, 5.74) is 0.690. The summed E-state index contributed by atoms with van der Waals surface area (Å²) >= 11 is 0. The van der Waals surface area contributed by atoms with Gasteiger partial charge >= 0.3 is 0 Å². The van der Waals surface area contributed by atoms with Crippen molar-refractivity contribution in [3.63, 3.8) is 0 Å². The molecule has 1 heteroatoms. The Morgan fingerprint density at radius 2 is 1.50 bits per heavy atom. The van der Waals surface area contributed by atoms with Crippen LogP contribution in [0.4, 0.5) is 0 Å². The van der Waals surface area contributed by atoms with E-state index < -0.39 is 0 Å². The average Bonchev–Trinajstić information content (AvgIpc) is 2.52. The highest BCUT2D eigenvalue weighted by molar-refractivity contribution is 4.86. The first-order chi connectivity index (χ1) is 7.20. The van der Waals surface area contributed by atoms with Crippen molar-refractivity contribution >= 4 is 0 Å². The van der Waals surface area contributed by atoms with Crippen LogP contribution >= 0.6 is 0 Å². The van der Waals surface area contributed by atoms with E-state index in [-0.39, 0.29) is 5.54 Å². The maximum absolute atomic E-state index is 3.71. The van der Waals surface area contributed by atoms with E-state index in [9.17, 15) is 0 Å². The Morgan fingerprint density at radius 3 is 1.88 bits per heavy atom. The third-order valence-corrected chi connectivity index (χ3v) is 3.93. The Bertz CT molecular complexity index is 200. The Balaban J connectivity index is 2.57. The Labute approximate surface area is 102 Å². The lowest BCUT2D eigenvalue weighted by Gasteiger charge is -2.38. The summed E-state index contributed by atoms with van der Waals surface area (Å²) < 4.78 is 0. The van der Waals surface area contributed by atoms with Crippen molar-refractivity contribution in [1.29, 1.82) is 0 Å². The first-order valence-corrected chi connectivity index (χ1v) is 6.95. The molecule has 1 rings (SSSR count). The molecule has 0 aliphatic heterocycles. The van der Waals surface area contributed by atoms with Gasteiger partial charge in [-0.05, 0) is 44.6 Å². The fourth-order valence-corrected chi connectivity index (χ4v) is 2.96.